The Bertz CT molecular complexity index is 250. The molecule has 2 nitrogen and oxygen atoms in total. The number of ketones is 1. The Kier molecular flexibility index (Phi) is 1.05. The number of carbonyl (C=O) groups excluding carboxylic acids is 1. The van der Waals surface area contributed by atoms with Crippen LogP contribution in [0.5, 0.6) is 0 Å². The normalized spacial score (nSPS) is 42.7. The zero-order chi connectivity index (χ0) is 8.22. The number of hydrogen-bond acceptors (Lipinski definition) is 2. The number of aliphatic hydroxyl groups excluding tert-OH is 1. The van der Waals surface area contributed by atoms with Gasteiger partial charge in [-0.15, -0.1) is 0 Å². The van der Waals surface area contributed by atoms with Gasteiger partial charge in [0, 0.05) is 11.5 Å². The zero-order valence-electron chi connectivity index (χ0n) is 6.79. The van der Waals surface area contributed by atoms with Crippen molar-refractivity contribution in [2.45, 2.75) is 20.3 Å². The molecule has 2 aliphatic rings. The van der Waals surface area contributed by atoms with Crippen LogP contribution in [0, 0.1) is 17.3 Å². The van der Waals surface area contributed by atoms with Crippen molar-refractivity contribution < 1.29 is 9.90 Å². The van der Waals surface area contributed by atoms with Crippen LogP contribution in [0.15, 0.2) is 11.8 Å². The first-order valence-corrected chi connectivity index (χ1v) is 3.96. The molecule has 0 aromatic carbocycles. The highest BCUT2D eigenvalue weighted by molar-refractivity contribution is 6.02. The number of rotatable bonds is 0. The second-order valence-corrected chi connectivity index (χ2v) is 4.13. The van der Waals surface area contributed by atoms with Crippen molar-refractivity contribution in [3.8, 4) is 0 Å². The van der Waals surface area contributed by atoms with Crippen molar-refractivity contribution in [1.29, 1.82) is 0 Å². The first-order valence-electron chi connectivity index (χ1n) is 3.96. The van der Waals surface area contributed by atoms with Gasteiger partial charge in [0.15, 0.2) is 5.78 Å². The van der Waals surface area contributed by atoms with Gasteiger partial charge in [-0.05, 0) is 17.8 Å². The van der Waals surface area contributed by atoms with Crippen molar-refractivity contribution in [3.63, 3.8) is 0 Å². The molecular weight excluding hydrogens is 140 g/mol. The smallest absolute Gasteiger partial charge is 0.165 e. The summed E-state index contributed by atoms with van der Waals surface area (Å²) in [6.45, 7) is 4.24. The number of hydrogen-bond donors (Lipinski definition) is 1. The highest BCUT2D eigenvalue weighted by atomic mass is 16.2. The number of allylic oxidation sites excluding steroid dienone is 1. The Hall–Kier alpha value is -0.790. The van der Waals surface area contributed by atoms with E-state index in [1.165, 1.54) is 0 Å². The molecule has 0 bridgehead atoms. The van der Waals surface area contributed by atoms with Gasteiger partial charge in [-0.25, -0.2) is 0 Å². The standard InChI is InChI=1S/C9H12O2/c1-9(2)6-3-5(4-10)8(11)7(6)9/h4,6-7,10H,3H2,1-2H3. The predicted octanol–water partition coefficient (Wildman–Crippen LogP) is 1.67. The molecule has 0 spiro atoms. The summed E-state index contributed by atoms with van der Waals surface area (Å²) in [4.78, 5) is 11.4. The fourth-order valence-electron chi connectivity index (χ4n) is 2.30. The van der Waals surface area contributed by atoms with Crippen LogP contribution in [-0.2, 0) is 4.79 Å². The Labute approximate surface area is 65.9 Å². The third-order valence-corrected chi connectivity index (χ3v) is 3.25. The molecule has 2 rings (SSSR count). The minimum atomic E-state index is 0.169. The van der Waals surface area contributed by atoms with Crippen molar-refractivity contribution in [3.05, 3.63) is 11.8 Å². The van der Waals surface area contributed by atoms with E-state index in [2.05, 4.69) is 13.8 Å². The maximum absolute atomic E-state index is 11.4. The molecule has 2 unspecified atom stereocenters. The first-order chi connectivity index (χ1) is 5.09. The number of Topliss-reactive ketones (excluding diaryl/α,β-unsaturated/α-hetero) is 1. The molecule has 2 atom stereocenters. The minimum Gasteiger partial charge on any atom is -0.515 e. The summed E-state index contributed by atoms with van der Waals surface area (Å²) in [5.41, 5.74) is 0.836. The molecule has 0 aliphatic heterocycles. The van der Waals surface area contributed by atoms with Gasteiger partial charge in [0.2, 0.25) is 0 Å². The Morgan fingerprint density at radius 3 is 2.64 bits per heavy atom. The van der Waals surface area contributed by atoms with Crippen molar-refractivity contribution in [2.24, 2.45) is 17.3 Å². The summed E-state index contributed by atoms with van der Waals surface area (Å²) in [6.07, 6.45) is 1.76. The van der Waals surface area contributed by atoms with Crippen LogP contribution in [0.4, 0.5) is 0 Å². The Balaban J connectivity index is 2.25. The molecule has 0 saturated heterocycles. The summed E-state index contributed by atoms with van der Waals surface area (Å²) < 4.78 is 0. The molecule has 2 heteroatoms. The van der Waals surface area contributed by atoms with Gasteiger partial charge in [0.1, 0.15) is 0 Å². The lowest BCUT2D eigenvalue weighted by Gasteiger charge is -2.06. The van der Waals surface area contributed by atoms with E-state index in [0.717, 1.165) is 12.7 Å². The summed E-state index contributed by atoms with van der Waals surface area (Å²) in [6, 6.07) is 0. The molecule has 0 heterocycles. The van der Waals surface area contributed by atoms with E-state index in [4.69, 9.17) is 5.11 Å². The van der Waals surface area contributed by atoms with Crippen molar-refractivity contribution in [2.75, 3.05) is 0 Å². The molecule has 2 aliphatic carbocycles. The molecule has 0 aromatic heterocycles. The molecule has 2 fully saturated rings. The summed E-state index contributed by atoms with van der Waals surface area (Å²) in [5.74, 6) is 0.886. The van der Waals surface area contributed by atoms with Crippen LogP contribution in [0.1, 0.15) is 20.3 Å². The Morgan fingerprint density at radius 1 is 1.64 bits per heavy atom. The van der Waals surface area contributed by atoms with Gasteiger partial charge in [-0.3, -0.25) is 4.79 Å². The molecule has 0 aromatic rings. The molecule has 11 heavy (non-hydrogen) atoms. The van der Waals surface area contributed by atoms with Crippen LogP contribution in [0.2, 0.25) is 0 Å². The molecule has 60 valence electrons. The average molecular weight is 152 g/mol. The van der Waals surface area contributed by atoms with E-state index in [9.17, 15) is 4.79 Å². The van der Waals surface area contributed by atoms with E-state index in [1.807, 2.05) is 0 Å². The molecule has 0 amide bonds. The topological polar surface area (TPSA) is 37.3 Å². The number of fused-ring (bicyclic) bond motifs is 1. The van der Waals surface area contributed by atoms with Gasteiger partial charge in [-0.2, -0.15) is 0 Å². The van der Waals surface area contributed by atoms with Gasteiger partial charge in [0.25, 0.3) is 0 Å². The summed E-state index contributed by atoms with van der Waals surface area (Å²) >= 11 is 0. The lowest BCUT2D eigenvalue weighted by molar-refractivity contribution is -0.116. The molecule has 2 saturated carbocycles. The zero-order valence-corrected chi connectivity index (χ0v) is 6.79. The van der Waals surface area contributed by atoms with Crippen molar-refractivity contribution >= 4 is 5.78 Å². The molecule has 1 N–H and O–H groups in total. The third-order valence-electron chi connectivity index (χ3n) is 3.25. The fourth-order valence-corrected chi connectivity index (χ4v) is 2.30. The van der Waals surface area contributed by atoms with E-state index >= 15 is 0 Å². The van der Waals surface area contributed by atoms with Crippen LogP contribution in [-0.4, -0.2) is 10.9 Å². The maximum Gasteiger partial charge on any atom is 0.165 e. The monoisotopic (exact) mass is 152 g/mol. The van der Waals surface area contributed by atoms with Gasteiger partial charge >= 0.3 is 0 Å². The Morgan fingerprint density at radius 2 is 2.27 bits per heavy atom. The fraction of sp³-hybridized carbons (Fsp3) is 0.667. The van der Waals surface area contributed by atoms with Gasteiger partial charge in [-0.1, -0.05) is 13.8 Å². The van der Waals surface area contributed by atoms with Gasteiger partial charge < -0.3 is 5.11 Å². The van der Waals surface area contributed by atoms with Crippen LogP contribution >= 0.6 is 0 Å². The summed E-state index contributed by atoms with van der Waals surface area (Å²) in [5, 5.41) is 8.66. The molecular formula is C9H12O2. The van der Waals surface area contributed by atoms with Crippen molar-refractivity contribution in [1.82, 2.24) is 0 Å². The van der Waals surface area contributed by atoms with Gasteiger partial charge in [0.05, 0.1) is 6.26 Å². The van der Waals surface area contributed by atoms with E-state index in [1.54, 1.807) is 0 Å². The lowest BCUT2D eigenvalue weighted by Crippen LogP contribution is -2.08. The average Bonchev–Trinajstić information content (AvgIpc) is 2.34. The molecule has 0 radical (unpaired) electrons. The second-order valence-electron chi connectivity index (χ2n) is 4.13. The van der Waals surface area contributed by atoms with E-state index in [-0.39, 0.29) is 17.1 Å². The highest BCUT2D eigenvalue weighted by Gasteiger charge is 2.65. The third kappa shape index (κ3) is 0.647. The quantitative estimate of drug-likeness (QED) is 0.423. The summed E-state index contributed by atoms with van der Waals surface area (Å²) in [7, 11) is 0. The maximum atomic E-state index is 11.4. The number of carbonyl (C=O) groups is 1. The second kappa shape index (κ2) is 1.68. The first kappa shape index (κ1) is 6.89. The largest absolute Gasteiger partial charge is 0.515 e. The predicted molar refractivity (Wildman–Crippen MR) is 41.1 cm³/mol. The highest BCUT2D eigenvalue weighted by Crippen LogP contribution is 2.66. The SMILES string of the molecule is CC1(C)C2CC(=CO)C(=O)C21. The van der Waals surface area contributed by atoms with Crippen LogP contribution in [0.3, 0.4) is 0 Å². The van der Waals surface area contributed by atoms with E-state index in [0.29, 0.717) is 11.5 Å². The minimum absolute atomic E-state index is 0.169. The lowest BCUT2D eigenvalue weighted by atomic mass is 9.97. The van der Waals surface area contributed by atoms with E-state index < -0.39 is 0 Å². The van der Waals surface area contributed by atoms with Crippen LogP contribution in [0.25, 0.3) is 0 Å². The van der Waals surface area contributed by atoms with Crippen LogP contribution < -0.4 is 0 Å². The number of aliphatic hydroxyl groups is 1.